The van der Waals surface area contributed by atoms with Crippen LogP contribution in [0.4, 0.5) is 0 Å². The normalized spacial score (nSPS) is 20.5. The van der Waals surface area contributed by atoms with E-state index in [4.69, 9.17) is 19.3 Å². The van der Waals surface area contributed by atoms with E-state index in [-0.39, 0.29) is 23.2 Å². The molecule has 1 fully saturated rings. The highest BCUT2D eigenvalue weighted by Gasteiger charge is 2.32. The number of aliphatic hydroxyl groups excluding tert-OH is 1. The first-order chi connectivity index (χ1) is 16.4. The molecule has 2 N–H and O–H groups in total. The first-order valence-corrected chi connectivity index (χ1v) is 11.6. The Labute approximate surface area is 199 Å². The van der Waals surface area contributed by atoms with Crippen LogP contribution in [0, 0.1) is 11.8 Å². The number of aryl methyl sites for hydroxylation is 1. The summed E-state index contributed by atoms with van der Waals surface area (Å²) in [6.45, 7) is 0.984. The van der Waals surface area contributed by atoms with E-state index in [0.29, 0.717) is 56.1 Å². The van der Waals surface area contributed by atoms with Crippen molar-refractivity contribution in [3.05, 3.63) is 65.2 Å². The molecule has 0 radical (unpaired) electrons. The number of rotatable bonds is 9. The van der Waals surface area contributed by atoms with Gasteiger partial charge in [0.25, 0.3) is 0 Å². The first kappa shape index (κ1) is 23.8. The first-order valence-electron chi connectivity index (χ1n) is 11.6. The van der Waals surface area contributed by atoms with Crippen LogP contribution in [0.5, 0.6) is 17.2 Å². The molecule has 0 saturated heterocycles. The van der Waals surface area contributed by atoms with Crippen molar-refractivity contribution in [1.29, 1.82) is 0 Å². The zero-order valence-corrected chi connectivity index (χ0v) is 19.2. The van der Waals surface area contributed by atoms with Crippen LogP contribution in [0.1, 0.15) is 40.7 Å². The van der Waals surface area contributed by atoms with Gasteiger partial charge in [0.1, 0.15) is 24.7 Å². The average molecular weight is 467 g/mol. The van der Waals surface area contributed by atoms with Crippen molar-refractivity contribution in [3.8, 4) is 17.2 Å². The highest BCUT2D eigenvalue weighted by Crippen LogP contribution is 2.38. The van der Waals surface area contributed by atoms with Crippen molar-refractivity contribution in [2.75, 3.05) is 20.3 Å². The Morgan fingerprint density at radius 1 is 1.18 bits per heavy atom. The molecular weight excluding hydrogens is 436 g/mol. The summed E-state index contributed by atoms with van der Waals surface area (Å²) in [4.78, 5) is 23.5. The largest absolute Gasteiger partial charge is 0.496 e. The minimum Gasteiger partial charge on any atom is -0.496 e. The summed E-state index contributed by atoms with van der Waals surface area (Å²) in [6.07, 6.45) is 6.10. The van der Waals surface area contributed by atoms with Crippen LogP contribution in [0.15, 0.2) is 48.6 Å². The average Bonchev–Trinajstić information content (AvgIpc) is 3.20. The molecule has 180 valence electrons. The van der Waals surface area contributed by atoms with Gasteiger partial charge in [-0.15, -0.1) is 0 Å². The topological polar surface area (TPSA) is 102 Å². The summed E-state index contributed by atoms with van der Waals surface area (Å²) in [6, 6.07) is 10.4. The zero-order valence-electron chi connectivity index (χ0n) is 19.2. The molecule has 0 spiro atoms. The number of carbonyl (C=O) groups excluding carboxylic acids is 1. The third kappa shape index (κ3) is 5.59. The molecule has 3 atom stereocenters. The second-order valence-electron chi connectivity index (χ2n) is 8.78. The van der Waals surface area contributed by atoms with Gasteiger partial charge in [0.05, 0.1) is 18.8 Å². The van der Waals surface area contributed by atoms with Crippen molar-refractivity contribution in [2.24, 2.45) is 11.8 Å². The second kappa shape index (κ2) is 10.7. The summed E-state index contributed by atoms with van der Waals surface area (Å²) in [7, 11) is 1.58. The SMILES string of the molecule is COc1cc2c(cc1CC(O)C=CC1CCC(=O)C1CCc1ccc(C(=O)O)cc1)OCCO2. The molecule has 4 rings (SSSR count). The molecule has 1 aliphatic carbocycles. The summed E-state index contributed by atoms with van der Waals surface area (Å²) in [5.41, 5.74) is 2.09. The van der Waals surface area contributed by atoms with Crippen LogP contribution < -0.4 is 14.2 Å². The van der Waals surface area contributed by atoms with E-state index in [1.165, 1.54) is 0 Å². The van der Waals surface area contributed by atoms with E-state index < -0.39 is 12.1 Å². The lowest BCUT2D eigenvalue weighted by Crippen LogP contribution is -2.17. The van der Waals surface area contributed by atoms with Crippen LogP contribution in [-0.4, -0.2) is 48.4 Å². The number of ether oxygens (including phenoxy) is 3. The van der Waals surface area contributed by atoms with E-state index in [1.807, 2.05) is 12.1 Å². The molecule has 7 heteroatoms. The van der Waals surface area contributed by atoms with Gasteiger partial charge < -0.3 is 24.4 Å². The van der Waals surface area contributed by atoms with Crippen LogP contribution >= 0.6 is 0 Å². The molecule has 0 amide bonds. The van der Waals surface area contributed by atoms with Gasteiger partial charge in [-0.25, -0.2) is 4.79 Å². The molecule has 2 aromatic carbocycles. The fourth-order valence-corrected chi connectivity index (χ4v) is 4.70. The Balaban J connectivity index is 1.37. The molecule has 2 aromatic rings. The van der Waals surface area contributed by atoms with Crippen LogP contribution in [0.3, 0.4) is 0 Å². The number of fused-ring (bicyclic) bond motifs is 1. The van der Waals surface area contributed by atoms with Gasteiger partial charge in [-0.05, 0) is 48.9 Å². The Morgan fingerprint density at radius 2 is 1.88 bits per heavy atom. The maximum absolute atomic E-state index is 12.5. The number of carboxylic acids is 1. The third-order valence-electron chi connectivity index (χ3n) is 6.55. The van der Waals surface area contributed by atoms with Crippen LogP contribution in [0.2, 0.25) is 0 Å². The van der Waals surface area contributed by atoms with Crippen molar-refractivity contribution < 1.29 is 34.0 Å². The maximum Gasteiger partial charge on any atom is 0.335 e. The Morgan fingerprint density at radius 3 is 2.56 bits per heavy atom. The summed E-state index contributed by atoms with van der Waals surface area (Å²) < 4.78 is 16.7. The van der Waals surface area contributed by atoms with Gasteiger partial charge in [-0.3, -0.25) is 4.79 Å². The highest BCUT2D eigenvalue weighted by atomic mass is 16.6. The van der Waals surface area contributed by atoms with Gasteiger partial charge in [0, 0.05) is 30.4 Å². The maximum atomic E-state index is 12.5. The van der Waals surface area contributed by atoms with E-state index in [1.54, 1.807) is 43.5 Å². The van der Waals surface area contributed by atoms with E-state index >= 15 is 0 Å². The zero-order chi connectivity index (χ0) is 24.1. The van der Waals surface area contributed by atoms with Gasteiger partial charge >= 0.3 is 5.97 Å². The lowest BCUT2D eigenvalue weighted by molar-refractivity contribution is -0.121. The number of allylic oxidation sites excluding steroid dienone is 1. The minimum atomic E-state index is -0.949. The number of aromatic carboxylic acids is 1. The molecule has 0 bridgehead atoms. The smallest absolute Gasteiger partial charge is 0.335 e. The minimum absolute atomic E-state index is 0.0857. The number of methoxy groups -OCH3 is 1. The van der Waals surface area contributed by atoms with Crippen molar-refractivity contribution in [3.63, 3.8) is 0 Å². The number of benzene rings is 2. The van der Waals surface area contributed by atoms with Gasteiger partial charge in [0.2, 0.25) is 0 Å². The van der Waals surface area contributed by atoms with E-state index in [2.05, 4.69) is 0 Å². The fourth-order valence-electron chi connectivity index (χ4n) is 4.70. The number of Topliss-reactive ketones (excluding diaryl/α,β-unsaturated/α-hetero) is 1. The van der Waals surface area contributed by atoms with Crippen molar-refractivity contribution in [1.82, 2.24) is 0 Å². The number of aliphatic hydroxyl groups is 1. The molecular formula is C27H30O7. The van der Waals surface area contributed by atoms with Gasteiger partial charge in [-0.2, -0.15) is 0 Å². The fraction of sp³-hybridized carbons (Fsp3) is 0.407. The second-order valence-corrected chi connectivity index (χ2v) is 8.78. The van der Waals surface area contributed by atoms with Crippen LogP contribution in [0.25, 0.3) is 0 Å². The lowest BCUT2D eigenvalue weighted by atomic mass is 9.88. The van der Waals surface area contributed by atoms with Gasteiger partial charge in [0.15, 0.2) is 11.5 Å². The summed E-state index contributed by atoms with van der Waals surface area (Å²) >= 11 is 0. The van der Waals surface area contributed by atoms with Crippen LogP contribution in [-0.2, 0) is 17.6 Å². The molecule has 1 heterocycles. The van der Waals surface area contributed by atoms with Crippen molar-refractivity contribution in [2.45, 2.75) is 38.2 Å². The molecule has 3 unspecified atom stereocenters. The number of carboxylic acid groups (broad SMARTS) is 1. The quantitative estimate of drug-likeness (QED) is 0.541. The van der Waals surface area contributed by atoms with E-state index in [0.717, 1.165) is 17.5 Å². The Hall–Kier alpha value is -3.32. The van der Waals surface area contributed by atoms with Gasteiger partial charge in [-0.1, -0.05) is 24.3 Å². The van der Waals surface area contributed by atoms with E-state index in [9.17, 15) is 14.7 Å². The number of ketones is 1. The Kier molecular flexibility index (Phi) is 7.53. The number of hydrogen-bond acceptors (Lipinski definition) is 6. The molecule has 1 saturated carbocycles. The predicted molar refractivity (Wildman–Crippen MR) is 126 cm³/mol. The molecule has 1 aliphatic heterocycles. The Bertz CT molecular complexity index is 1060. The number of carbonyl (C=O) groups is 2. The lowest BCUT2D eigenvalue weighted by Gasteiger charge is -2.21. The van der Waals surface area contributed by atoms with Crippen molar-refractivity contribution >= 4 is 11.8 Å². The molecule has 2 aliphatic rings. The standard InChI is InChI=1S/C27H30O7/c1-32-24-16-26-25(33-12-13-34-26)15-20(24)14-21(28)9-7-18-8-11-23(29)22(18)10-4-17-2-5-19(6-3-17)27(30)31/h2-3,5-7,9,15-16,18,21-22,28H,4,8,10-14H2,1H3,(H,30,31). The summed E-state index contributed by atoms with van der Waals surface area (Å²) in [5, 5.41) is 19.7. The highest BCUT2D eigenvalue weighted by molar-refractivity contribution is 5.87. The molecule has 7 nitrogen and oxygen atoms in total. The monoisotopic (exact) mass is 466 g/mol. The predicted octanol–water partition coefficient (Wildman–Crippen LogP) is 3.85. The molecule has 0 aromatic heterocycles. The number of hydrogen-bond donors (Lipinski definition) is 2. The summed E-state index contributed by atoms with van der Waals surface area (Å²) in [5.74, 6) is 1.22. The third-order valence-corrected chi connectivity index (χ3v) is 6.55. The molecule has 34 heavy (non-hydrogen) atoms.